The van der Waals surface area contributed by atoms with Crippen LogP contribution in [0.15, 0.2) is 29.2 Å². The minimum Gasteiger partial charge on any atom is -0.451 e. The molecule has 1 aliphatic heterocycles. The van der Waals surface area contributed by atoms with Crippen molar-refractivity contribution in [2.75, 3.05) is 6.54 Å². The number of carbonyl (C=O) groups is 3. The molecule has 1 aromatic rings. The maximum Gasteiger partial charge on any atom is 0.325 e. The maximum absolute atomic E-state index is 13.9. The van der Waals surface area contributed by atoms with Crippen LogP contribution >= 0.6 is 0 Å². The summed E-state index contributed by atoms with van der Waals surface area (Å²) in [6.45, 7) is 1.22. The van der Waals surface area contributed by atoms with Crippen molar-refractivity contribution in [3.05, 3.63) is 30.1 Å². The minimum absolute atomic E-state index is 0.0122. The van der Waals surface area contributed by atoms with Gasteiger partial charge in [-0.05, 0) is 31.9 Å². The number of nitrogens with zero attached hydrogens (tertiary/aromatic N) is 1. The Morgan fingerprint density at radius 1 is 1.35 bits per heavy atom. The number of urea groups is 1. The highest BCUT2D eigenvalue weighted by Crippen LogP contribution is 2.28. The van der Waals surface area contributed by atoms with E-state index in [2.05, 4.69) is 0 Å². The number of halogens is 1. The van der Waals surface area contributed by atoms with Gasteiger partial charge in [0.05, 0.1) is 0 Å². The Bertz CT molecular complexity index is 828. The number of esters is 1. The molecule has 1 saturated heterocycles. The molecule has 9 nitrogen and oxygen atoms in total. The molecule has 0 radical (unpaired) electrons. The van der Waals surface area contributed by atoms with Crippen LogP contribution in [-0.2, 0) is 24.3 Å². The number of nitrogens with two attached hydrogens (primary N) is 1. The van der Waals surface area contributed by atoms with Gasteiger partial charge in [-0.15, -0.1) is 0 Å². The number of rotatable bonds is 5. The standard InChI is InChI=1S/C15H18FN3O6S/c1-9(13(20)18-15(17)22)25-14(21)11-6-4-8-19(11)26(23,24)12-7-3-2-5-10(12)16/h2-3,5,7,9,11H,4,6,8H2,1H3,(H3,17,18,20,22)/t9-,11-/m0/s1. The van der Waals surface area contributed by atoms with Crippen LogP contribution in [0.25, 0.3) is 0 Å². The lowest BCUT2D eigenvalue weighted by molar-refractivity contribution is -0.157. The minimum atomic E-state index is -4.26. The lowest BCUT2D eigenvalue weighted by Crippen LogP contribution is -2.46. The van der Waals surface area contributed by atoms with E-state index >= 15 is 0 Å². The number of nitrogens with one attached hydrogen (secondary N) is 1. The summed E-state index contributed by atoms with van der Waals surface area (Å²) in [7, 11) is -4.26. The fourth-order valence-corrected chi connectivity index (χ4v) is 4.29. The Hall–Kier alpha value is -2.53. The van der Waals surface area contributed by atoms with Crippen molar-refractivity contribution < 1.29 is 31.9 Å². The van der Waals surface area contributed by atoms with Crippen LogP contribution in [0.3, 0.4) is 0 Å². The highest BCUT2D eigenvalue weighted by molar-refractivity contribution is 7.89. The molecule has 1 aromatic carbocycles. The van der Waals surface area contributed by atoms with Crippen LogP contribution in [0, 0.1) is 5.82 Å². The van der Waals surface area contributed by atoms with Crippen LogP contribution in [-0.4, -0.2) is 49.3 Å². The van der Waals surface area contributed by atoms with Crippen LogP contribution in [0.4, 0.5) is 9.18 Å². The average molecular weight is 387 g/mol. The van der Waals surface area contributed by atoms with Gasteiger partial charge >= 0.3 is 12.0 Å². The molecule has 2 atom stereocenters. The van der Waals surface area contributed by atoms with E-state index in [1.807, 2.05) is 0 Å². The Kier molecular flexibility index (Phi) is 5.93. The van der Waals surface area contributed by atoms with Gasteiger partial charge in [0.1, 0.15) is 16.8 Å². The van der Waals surface area contributed by atoms with Gasteiger partial charge in [-0.1, -0.05) is 12.1 Å². The van der Waals surface area contributed by atoms with Crippen LogP contribution < -0.4 is 11.1 Å². The number of ether oxygens (including phenoxy) is 1. The predicted octanol–water partition coefficient (Wildman–Crippen LogP) is 0.105. The zero-order valence-corrected chi connectivity index (χ0v) is 14.7. The lowest BCUT2D eigenvalue weighted by atomic mass is 10.2. The number of sulfonamides is 1. The van der Waals surface area contributed by atoms with E-state index in [1.165, 1.54) is 19.1 Å². The number of primary amides is 1. The molecule has 2 rings (SSSR count). The van der Waals surface area contributed by atoms with Gasteiger partial charge in [-0.25, -0.2) is 17.6 Å². The van der Waals surface area contributed by atoms with Crippen LogP contribution in [0.5, 0.6) is 0 Å². The number of benzene rings is 1. The fraction of sp³-hybridized carbons (Fsp3) is 0.400. The summed E-state index contributed by atoms with van der Waals surface area (Å²) in [5, 5.41) is 1.75. The van der Waals surface area contributed by atoms with Gasteiger partial charge in [0.15, 0.2) is 6.10 Å². The monoisotopic (exact) mass is 387 g/mol. The van der Waals surface area contributed by atoms with Crippen molar-refractivity contribution in [2.24, 2.45) is 5.73 Å². The zero-order chi connectivity index (χ0) is 19.5. The molecule has 0 saturated carbocycles. The summed E-state index contributed by atoms with van der Waals surface area (Å²) in [5.74, 6) is -2.83. The molecule has 1 fully saturated rings. The highest BCUT2D eigenvalue weighted by atomic mass is 32.2. The molecule has 11 heteroatoms. The first-order chi connectivity index (χ1) is 12.1. The predicted molar refractivity (Wildman–Crippen MR) is 86.6 cm³/mol. The Morgan fingerprint density at radius 2 is 2.00 bits per heavy atom. The summed E-state index contributed by atoms with van der Waals surface area (Å²) in [5.41, 5.74) is 4.81. The quantitative estimate of drug-likeness (QED) is 0.688. The van der Waals surface area contributed by atoms with E-state index in [0.29, 0.717) is 6.42 Å². The summed E-state index contributed by atoms with van der Waals surface area (Å²) in [4.78, 5) is 34.0. The van der Waals surface area contributed by atoms with Crippen LogP contribution in [0.1, 0.15) is 19.8 Å². The lowest BCUT2D eigenvalue weighted by Gasteiger charge is -2.24. The van der Waals surface area contributed by atoms with Gasteiger partial charge in [0.2, 0.25) is 10.0 Å². The molecule has 3 amide bonds. The molecule has 0 bridgehead atoms. The van der Waals surface area contributed by atoms with Crippen molar-refractivity contribution in [3.8, 4) is 0 Å². The topological polar surface area (TPSA) is 136 Å². The van der Waals surface area contributed by atoms with Gasteiger partial charge < -0.3 is 10.5 Å². The van der Waals surface area contributed by atoms with Crippen molar-refractivity contribution in [2.45, 2.75) is 36.8 Å². The first-order valence-electron chi connectivity index (χ1n) is 7.71. The van der Waals surface area contributed by atoms with Crippen molar-refractivity contribution in [1.82, 2.24) is 9.62 Å². The largest absolute Gasteiger partial charge is 0.451 e. The van der Waals surface area contributed by atoms with E-state index < -0.39 is 50.8 Å². The second-order valence-electron chi connectivity index (χ2n) is 5.64. The second kappa shape index (κ2) is 7.79. The molecule has 26 heavy (non-hydrogen) atoms. The normalized spacial score (nSPS) is 18.9. The van der Waals surface area contributed by atoms with Crippen molar-refractivity contribution in [3.63, 3.8) is 0 Å². The van der Waals surface area contributed by atoms with Gasteiger partial charge in [0, 0.05) is 6.54 Å². The van der Waals surface area contributed by atoms with Crippen molar-refractivity contribution in [1.29, 1.82) is 0 Å². The van der Waals surface area contributed by atoms with E-state index in [0.717, 1.165) is 16.4 Å². The van der Waals surface area contributed by atoms with Crippen molar-refractivity contribution >= 4 is 27.9 Å². The second-order valence-corrected chi connectivity index (χ2v) is 7.50. The molecule has 3 N–H and O–H groups in total. The molecular weight excluding hydrogens is 369 g/mol. The SMILES string of the molecule is C[C@H](OC(=O)[C@@H]1CCCN1S(=O)(=O)c1ccccc1F)C(=O)NC(N)=O. The van der Waals surface area contributed by atoms with E-state index in [9.17, 15) is 27.2 Å². The first-order valence-corrected chi connectivity index (χ1v) is 9.15. The molecule has 0 spiro atoms. The fourth-order valence-electron chi connectivity index (χ4n) is 2.57. The Balaban J connectivity index is 2.17. The molecule has 142 valence electrons. The third-order valence-corrected chi connectivity index (χ3v) is 5.75. The first kappa shape index (κ1) is 19.8. The third kappa shape index (κ3) is 4.17. The number of hydrogen-bond donors (Lipinski definition) is 2. The molecular formula is C15H18FN3O6S. The molecule has 1 aliphatic rings. The number of amides is 3. The average Bonchev–Trinajstić information content (AvgIpc) is 3.05. The summed E-state index contributed by atoms with van der Waals surface area (Å²) in [6.07, 6.45) is -0.819. The molecule has 0 aromatic heterocycles. The summed E-state index contributed by atoms with van der Waals surface area (Å²) < 4.78 is 45.0. The van der Waals surface area contributed by atoms with Gasteiger partial charge in [0.25, 0.3) is 5.91 Å². The zero-order valence-electron chi connectivity index (χ0n) is 13.8. The van der Waals surface area contributed by atoms with E-state index in [-0.39, 0.29) is 13.0 Å². The molecule has 1 heterocycles. The van der Waals surface area contributed by atoms with Gasteiger partial charge in [-0.2, -0.15) is 4.31 Å². The number of hydrogen-bond acceptors (Lipinski definition) is 6. The Labute approximate surface area is 149 Å². The number of carbonyl (C=O) groups excluding carboxylic acids is 3. The van der Waals surface area contributed by atoms with E-state index in [1.54, 1.807) is 5.32 Å². The van der Waals surface area contributed by atoms with Gasteiger partial charge in [-0.3, -0.25) is 14.9 Å². The maximum atomic E-state index is 13.9. The highest BCUT2D eigenvalue weighted by Gasteiger charge is 2.42. The molecule has 0 unspecified atom stereocenters. The summed E-state index contributed by atoms with van der Waals surface area (Å²) >= 11 is 0. The Morgan fingerprint density at radius 3 is 2.62 bits per heavy atom. The number of imide groups is 1. The molecule has 0 aliphatic carbocycles. The third-order valence-electron chi connectivity index (χ3n) is 3.81. The van der Waals surface area contributed by atoms with Crippen LogP contribution in [0.2, 0.25) is 0 Å². The summed E-state index contributed by atoms with van der Waals surface area (Å²) in [6, 6.07) is 2.53. The van der Waals surface area contributed by atoms with E-state index in [4.69, 9.17) is 10.5 Å². The smallest absolute Gasteiger partial charge is 0.325 e.